The predicted octanol–water partition coefficient (Wildman–Crippen LogP) is 4.37. The molecule has 162 valence electrons. The lowest BCUT2D eigenvalue weighted by Gasteiger charge is -2.22. The van der Waals surface area contributed by atoms with Crippen LogP contribution in [0.2, 0.25) is 0 Å². The lowest BCUT2D eigenvalue weighted by molar-refractivity contribution is -0.115. The zero-order valence-corrected chi connectivity index (χ0v) is 18.9. The quantitative estimate of drug-likeness (QED) is 0.636. The summed E-state index contributed by atoms with van der Waals surface area (Å²) in [5, 5.41) is 7.38. The third kappa shape index (κ3) is 3.72. The highest BCUT2D eigenvalue weighted by Crippen LogP contribution is 2.50. The Labute approximate surface area is 185 Å². The molecule has 0 saturated carbocycles. The highest BCUT2D eigenvalue weighted by atomic mass is 32.2. The smallest absolute Gasteiger partial charge is 0.238 e. The van der Waals surface area contributed by atoms with E-state index >= 15 is 0 Å². The van der Waals surface area contributed by atoms with E-state index in [4.69, 9.17) is 19.3 Å². The Balaban J connectivity index is 1.95. The van der Waals surface area contributed by atoms with Crippen molar-refractivity contribution in [1.29, 1.82) is 0 Å². The van der Waals surface area contributed by atoms with E-state index in [2.05, 4.69) is 5.32 Å². The Kier molecular flexibility index (Phi) is 5.82. The minimum atomic E-state index is -0.279. The van der Waals surface area contributed by atoms with Crippen LogP contribution in [0.3, 0.4) is 0 Å². The minimum Gasteiger partial charge on any atom is -0.496 e. The van der Waals surface area contributed by atoms with Gasteiger partial charge in [-0.25, -0.2) is 4.68 Å². The van der Waals surface area contributed by atoms with Gasteiger partial charge in [0.05, 0.1) is 43.2 Å². The predicted molar refractivity (Wildman–Crippen MR) is 122 cm³/mol. The van der Waals surface area contributed by atoms with Crippen molar-refractivity contribution in [2.45, 2.75) is 24.3 Å². The van der Waals surface area contributed by atoms with Gasteiger partial charge >= 0.3 is 0 Å². The second kappa shape index (κ2) is 8.55. The summed E-state index contributed by atoms with van der Waals surface area (Å²) in [4.78, 5) is 12.9. The molecule has 0 aliphatic carbocycles. The zero-order chi connectivity index (χ0) is 22.1. The van der Waals surface area contributed by atoms with Gasteiger partial charge in [-0.1, -0.05) is 18.2 Å². The summed E-state index contributed by atoms with van der Waals surface area (Å²) in [5.41, 5.74) is 3.55. The summed E-state index contributed by atoms with van der Waals surface area (Å²) in [6.45, 7) is 3.86. The first-order valence-corrected chi connectivity index (χ1v) is 10.8. The van der Waals surface area contributed by atoms with Crippen LogP contribution in [0.5, 0.6) is 17.2 Å². The van der Waals surface area contributed by atoms with Crippen LogP contribution in [0.15, 0.2) is 42.5 Å². The molecule has 8 heteroatoms. The summed E-state index contributed by atoms with van der Waals surface area (Å²) in [6, 6.07) is 13.5. The number of carbonyl (C=O) groups excluding carboxylic acids is 1. The molecule has 0 radical (unpaired) electrons. The molecule has 2 atom stereocenters. The first kappa shape index (κ1) is 21.1. The van der Waals surface area contributed by atoms with Gasteiger partial charge in [-0.15, -0.1) is 11.8 Å². The molecule has 0 unspecified atom stereocenters. The molecule has 2 aromatic carbocycles. The SMILES string of the molecule is COc1cc(OC)c([C@H]2S[C@@H](C)C(=O)Nc3c2c(C)nn3-c2ccccc2)cc1OC. The van der Waals surface area contributed by atoms with Gasteiger partial charge in [0.2, 0.25) is 5.91 Å². The summed E-state index contributed by atoms with van der Waals surface area (Å²) >= 11 is 1.55. The van der Waals surface area contributed by atoms with Crippen LogP contribution in [0.25, 0.3) is 5.69 Å². The normalized spacial score (nSPS) is 18.0. The van der Waals surface area contributed by atoms with Gasteiger partial charge in [-0.05, 0) is 32.0 Å². The number of ether oxygens (including phenoxy) is 3. The van der Waals surface area contributed by atoms with E-state index in [-0.39, 0.29) is 16.4 Å². The molecule has 2 heterocycles. The fourth-order valence-electron chi connectivity index (χ4n) is 3.77. The van der Waals surface area contributed by atoms with Crippen molar-refractivity contribution in [2.75, 3.05) is 26.6 Å². The summed E-state index contributed by atoms with van der Waals surface area (Å²) in [5.74, 6) is 2.46. The maximum Gasteiger partial charge on any atom is 0.238 e. The number of para-hydroxylation sites is 1. The van der Waals surface area contributed by atoms with E-state index in [1.54, 1.807) is 37.8 Å². The topological polar surface area (TPSA) is 74.6 Å². The van der Waals surface area contributed by atoms with E-state index in [0.717, 1.165) is 22.5 Å². The molecule has 1 aliphatic rings. The number of fused-ring (bicyclic) bond motifs is 1. The molecular formula is C23H25N3O4S. The number of amides is 1. The molecule has 1 N–H and O–H groups in total. The highest BCUT2D eigenvalue weighted by Gasteiger charge is 2.36. The Hall–Kier alpha value is -3.13. The summed E-state index contributed by atoms with van der Waals surface area (Å²) < 4.78 is 18.5. The second-order valence-corrected chi connectivity index (χ2v) is 8.64. The number of aryl methyl sites for hydroxylation is 1. The number of nitrogens with zero attached hydrogens (tertiary/aromatic N) is 2. The van der Waals surface area contributed by atoms with Gasteiger partial charge in [-0.2, -0.15) is 5.10 Å². The number of anilines is 1. The third-order valence-electron chi connectivity index (χ3n) is 5.34. The molecule has 1 aliphatic heterocycles. The number of methoxy groups -OCH3 is 3. The third-order valence-corrected chi connectivity index (χ3v) is 6.72. The monoisotopic (exact) mass is 439 g/mol. The molecule has 3 aromatic rings. The van der Waals surface area contributed by atoms with E-state index in [9.17, 15) is 4.79 Å². The molecular weight excluding hydrogens is 414 g/mol. The Bertz CT molecular complexity index is 1110. The van der Waals surface area contributed by atoms with Crippen molar-refractivity contribution < 1.29 is 19.0 Å². The Morgan fingerprint density at radius 3 is 2.29 bits per heavy atom. The molecule has 0 bridgehead atoms. The van der Waals surface area contributed by atoms with Crippen LogP contribution in [-0.2, 0) is 4.79 Å². The largest absolute Gasteiger partial charge is 0.496 e. The van der Waals surface area contributed by atoms with Crippen molar-refractivity contribution in [3.8, 4) is 22.9 Å². The molecule has 7 nitrogen and oxygen atoms in total. The Morgan fingerprint density at radius 1 is 1.00 bits per heavy atom. The zero-order valence-electron chi connectivity index (χ0n) is 18.1. The van der Waals surface area contributed by atoms with Crippen LogP contribution in [-0.4, -0.2) is 42.3 Å². The van der Waals surface area contributed by atoms with E-state index in [1.165, 1.54) is 0 Å². The molecule has 0 saturated heterocycles. The number of hydrogen-bond donors (Lipinski definition) is 1. The van der Waals surface area contributed by atoms with Crippen LogP contribution in [0.4, 0.5) is 5.82 Å². The van der Waals surface area contributed by atoms with Crippen molar-refractivity contribution in [3.63, 3.8) is 0 Å². The lowest BCUT2D eigenvalue weighted by atomic mass is 10.0. The number of hydrogen-bond acceptors (Lipinski definition) is 6. The van der Waals surface area contributed by atoms with Gasteiger partial charge < -0.3 is 19.5 Å². The van der Waals surface area contributed by atoms with Gasteiger partial charge in [0, 0.05) is 17.2 Å². The van der Waals surface area contributed by atoms with Gasteiger partial charge in [0.15, 0.2) is 11.5 Å². The standard InChI is InChI=1S/C23H25N3O4S/c1-13-20-21(16-11-18(29-4)19(30-5)12-17(16)28-3)31-14(2)23(27)24-22(20)26(25-13)15-9-7-6-8-10-15/h6-12,14,21H,1-5H3,(H,24,27)/t14-,21+/m0/s1. The Morgan fingerprint density at radius 2 is 1.65 bits per heavy atom. The molecule has 0 fully saturated rings. The summed E-state index contributed by atoms with van der Waals surface area (Å²) in [7, 11) is 4.82. The average Bonchev–Trinajstić information content (AvgIpc) is 3.05. The maximum absolute atomic E-state index is 12.9. The summed E-state index contributed by atoms with van der Waals surface area (Å²) in [6.07, 6.45) is 0. The number of carbonyl (C=O) groups is 1. The van der Waals surface area contributed by atoms with E-state index in [0.29, 0.717) is 23.1 Å². The first-order valence-electron chi connectivity index (χ1n) is 9.89. The number of aromatic nitrogens is 2. The van der Waals surface area contributed by atoms with E-state index in [1.807, 2.05) is 56.3 Å². The number of nitrogens with one attached hydrogen (secondary N) is 1. The number of thioether (sulfide) groups is 1. The molecule has 1 aromatic heterocycles. The van der Waals surface area contributed by atoms with Crippen molar-refractivity contribution in [2.24, 2.45) is 0 Å². The fraction of sp³-hybridized carbons (Fsp3) is 0.304. The highest BCUT2D eigenvalue weighted by molar-refractivity contribution is 8.01. The van der Waals surface area contributed by atoms with Gasteiger partial charge in [-0.3, -0.25) is 4.79 Å². The average molecular weight is 440 g/mol. The van der Waals surface area contributed by atoms with Crippen molar-refractivity contribution in [1.82, 2.24) is 9.78 Å². The van der Waals surface area contributed by atoms with Crippen LogP contribution < -0.4 is 19.5 Å². The number of benzene rings is 2. The molecule has 0 spiro atoms. The second-order valence-electron chi connectivity index (χ2n) is 7.19. The van der Waals surface area contributed by atoms with Crippen LogP contribution in [0.1, 0.15) is 29.0 Å². The van der Waals surface area contributed by atoms with Gasteiger partial charge in [0.1, 0.15) is 11.6 Å². The van der Waals surface area contributed by atoms with Gasteiger partial charge in [0.25, 0.3) is 0 Å². The maximum atomic E-state index is 12.9. The van der Waals surface area contributed by atoms with E-state index < -0.39 is 0 Å². The molecule has 1 amide bonds. The fourth-order valence-corrected chi connectivity index (χ4v) is 5.11. The van der Waals surface area contributed by atoms with Crippen LogP contribution in [0, 0.1) is 6.92 Å². The van der Waals surface area contributed by atoms with Crippen molar-refractivity contribution >= 4 is 23.5 Å². The molecule has 4 rings (SSSR count). The number of rotatable bonds is 5. The molecule has 31 heavy (non-hydrogen) atoms. The van der Waals surface area contributed by atoms with Crippen LogP contribution >= 0.6 is 11.8 Å². The minimum absolute atomic E-state index is 0.0646. The lowest BCUT2D eigenvalue weighted by Crippen LogP contribution is -2.22. The van der Waals surface area contributed by atoms with Crippen molar-refractivity contribution in [3.05, 3.63) is 59.3 Å². The first-order chi connectivity index (χ1) is 15.0.